The Morgan fingerprint density at radius 2 is 1.55 bits per heavy atom. The third-order valence-corrected chi connectivity index (χ3v) is 6.30. The van der Waals surface area contributed by atoms with Gasteiger partial charge in [0.1, 0.15) is 0 Å². The second-order valence-corrected chi connectivity index (χ2v) is 8.50. The molecule has 1 rings (SSSR count). The second-order valence-electron chi connectivity index (χ2n) is 6.56. The van der Waals surface area contributed by atoms with Gasteiger partial charge in [-0.2, -0.15) is 4.31 Å². The number of hydrogen-bond donors (Lipinski definition) is 0. The summed E-state index contributed by atoms with van der Waals surface area (Å²) in [6, 6.07) is 7.35. The minimum Gasteiger partial charge on any atom is -0.308 e. The highest BCUT2D eigenvalue weighted by molar-refractivity contribution is 7.89. The zero-order chi connectivity index (χ0) is 17.0. The highest BCUT2D eigenvalue weighted by atomic mass is 32.2. The molecule has 1 aromatic carbocycles. The Hall–Kier alpha value is -0.910. The molecular weight excluding hydrogens is 296 g/mol. The summed E-state index contributed by atoms with van der Waals surface area (Å²) in [5.41, 5.74) is 1.24. The van der Waals surface area contributed by atoms with Crippen LogP contribution in [0.4, 0.5) is 0 Å². The van der Waals surface area contributed by atoms with Crippen LogP contribution in [-0.2, 0) is 15.4 Å². The van der Waals surface area contributed by atoms with Crippen molar-refractivity contribution in [1.82, 2.24) is 9.21 Å². The lowest BCUT2D eigenvalue weighted by Gasteiger charge is -2.25. The fourth-order valence-electron chi connectivity index (χ4n) is 2.19. The summed E-state index contributed by atoms with van der Waals surface area (Å²) in [4.78, 5) is 2.37. The molecule has 0 bridgehead atoms. The van der Waals surface area contributed by atoms with Gasteiger partial charge in [-0.05, 0) is 43.6 Å². The van der Waals surface area contributed by atoms with E-state index in [1.807, 2.05) is 38.1 Å². The van der Waals surface area contributed by atoms with Gasteiger partial charge in [-0.25, -0.2) is 8.42 Å². The number of hydrogen-bond acceptors (Lipinski definition) is 3. The highest BCUT2D eigenvalue weighted by Crippen LogP contribution is 2.28. The van der Waals surface area contributed by atoms with Crippen LogP contribution in [0.1, 0.15) is 39.7 Å². The van der Waals surface area contributed by atoms with E-state index in [4.69, 9.17) is 0 Å². The van der Waals surface area contributed by atoms with Crippen molar-refractivity contribution in [2.24, 2.45) is 0 Å². The standard InChI is InChI=1S/C17H30N2O2S/c1-7-17(3,4)15-9-11-16(12-10-15)22(20,21)19(8-2)14-13-18(5)6/h9-12H,7-8,13-14H2,1-6H3. The first kappa shape index (κ1) is 19.1. The largest absolute Gasteiger partial charge is 0.308 e. The van der Waals surface area contributed by atoms with Crippen LogP contribution in [-0.4, -0.2) is 51.4 Å². The molecule has 0 aromatic heterocycles. The van der Waals surface area contributed by atoms with Crippen molar-refractivity contribution in [1.29, 1.82) is 0 Å². The molecule has 0 N–H and O–H groups in total. The van der Waals surface area contributed by atoms with Gasteiger partial charge in [0.05, 0.1) is 4.90 Å². The smallest absolute Gasteiger partial charge is 0.243 e. The Labute approximate surface area is 136 Å². The van der Waals surface area contributed by atoms with Gasteiger partial charge in [-0.15, -0.1) is 0 Å². The summed E-state index contributed by atoms with van der Waals surface area (Å²) in [6.45, 7) is 10.1. The Bertz CT molecular complexity index is 563. The first-order valence-corrected chi connectivity index (χ1v) is 9.34. The quantitative estimate of drug-likeness (QED) is 0.737. The molecule has 0 amide bonds. The molecule has 1 aromatic rings. The molecular formula is C17H30N2O2S. The maximum absolute atomic E-state index is 12.7. The molecule has 0 saturated heterocycles. The second kappa shape index (κ2) is 7.57. The zero-order valence-corrected chi connectivity index (χ0v) is 15.6. The summed E-state index contributed by atoms with van der Waals surface area (Å²) in [7, 11) is 0.484. The van der Waals surface area contributed by atoms with Gasteiger partial charge in [-0.1, -0.05) is 39.8 Å². The fourth-order valence-corrected chi connectivity index (χ4v) is 3.63. The molecule has 0 saturated carbocycles. The third-order valence-electron chi connectivity index (χ3n) is 4.31. The van der Waals surface area contributed by atoms with Crippen molar-refractivity contribution >= 4 is 10.0 Å². The van der Waals surface area contributed by atoms with Gasteiger partial charge in [-0.3, -0.25) is 0 Å². The number of sulfonamides is 1. The summed E-state index contributed by atoms with van der Waals surface area (Å²) in [6.07, 6.45) is 1.02. The molecule has 0 atom stereocenters. The van der Waals surface area contributed by atoms with Gasteiger partial charge < -0.3 is 4.90 Å². The summed E-state index contributed by atoms with van der Waals surface area (Å²) >= 11 is 0. The predicted octanol–water partition coefficient (Wildman–Crippen LogP) is 2.95. The molecule has 0 spiro atoms. The summed E-state index contributed by atoms with van der Waals surface area (Å²) < 4.78 is 27.0. The minimum atomic E-state index is -3.41. The lowest BCUT2D eigenvalue weighted by atomic mass is 9.82. The maximum atomic E-state index is 12.7. The van der Waals surface area contributed by atoms with Crippen molar-refractivity contribution < 1.29 is 8.42 Å². The zero-order valence-electron chi connectivity index (χ0n) is 14.8. The highest BCUT2D eigenvalue weighted by Gasteiger charge is 2.24. The van der Waals surface area contributed by atoms with E-state index >= 15 is 0 Å². The van der Waals surface area contributed by atoms with E-state index in [9.17, 15) is 8.42 Å². The third kappa shape index (κ3) is 4.54. The molecule has 0 radical (unpaired) electrons. The molecule has 0 heterocycles. The lowest BCUT2D eigenvalue weighted by Crippen LogP contribution is -2.36. The Balaban J connectivity index is 3.02. The van der Waals surface area contributed by atoms with Crippen LogP contribution in [0.5, 0.6) is 0 Å². The van der Waals surface area contributed by atoms with Gasteiger partial charge >= 0.3 is 0 Å². The molecule has 0 unspecified atom stereocenters. The number of benzene rings is 1. The normalized spacial score (nSPS) is 13.1. The van der Waals surface area contributed by atoms with E-state index in [1.165, 1.54) is 9.87 Å². The first-order valence-electron chi connectivity index (χ1n) is 7.90. The molecule has 0 aliphatic carbocycles. The average Bonchev–Trinajstić information content (AvgIpc) is 2.47. The van der Waals surface area contributed by atoms with Gasteiger partial charge in [0.15, 0.2) is 0 Å². The van der Waals surface area contributed by atoms with Crippen LogP contribution in [0.15, 0.2) is 29.2 Å². The number of likely N-dealkylation sites (N-methyl/N-ethyl adjacent to an activating group) is 2. The molecule has 0 aliphatic heterocycles. The summed E-state index contributed by atoms with van der Waals surface area (Å²) in [5.74, 6) is 0. The SMILES string of the molecule is CCN(CCN(C)C)S(=O)(=O)c1ccc(C(C)(C)CC)cc1. The van der Waals surface area contributed by atoms with Gasteiger partial charge in [0.2, 0.25) is 10.0 Å². The van der Waals surface area contributed by atoms with E-state index < -0.39 is 10.0 Å². The topological polar surface area (TPSA) is 40.6 Å². The van der Waals surface area contributed by atoms with Crippen LogP contribution >= 0.6 is 0 Å². The molecule has 5 heteroatoms. The Kier molecular flexibility index (Phi) is 6.59. The van der Waals surface area contributed by atoms with Crippen LogP contribution in [0, 0.1) is 0 Å². The minimum absolute atomic E-state index is 0.0671. The van der Waals surface area contributed by atoms with E-state index in [0.29, 0.717) is 24.5 Å². The molecule has 126 valence electrons. The first-order chi connectivity index (χ1) is 10.1. The summed E-state index contributed by atoms with van der Waals surface area (Å²) in [5, 5.41) is 0. The number of nitrogens with zero attached hydrogens (tertiary/aromatic N) is 2. The van der Waals surface area contributed by atoms with Gasteiger partial charge in [0, 0.05) is 19.6 Å². The average molecular weight is 327 g/mol. The monoisotopic (exact) mass is 326 g/mol. The van der Waals surface area contributed by atoms with E-state index in [0.717, 1.165) is 6.42 Å². The Morgan fingerprint density at radius 3 is 1.95 bits per heavy atom. The van der Waals surface area contributed by atoms with E-state index in [2.05, 4.69) is 20.8 Å². The predicted molar refractivity (Wildman–Crippen MR) is 92.7 cm³/mol. The molecule has 0 fully saturated rings. The van der Waals surface area contributed by atoms with Crippen molar-refractivity contribution in [3.8, 4) is 0 Å². The Morgan fingerprint density at radius 1 is 1.00 bits per heavy atom. The molecule has 4 nitrogen and oxygen atoms in total. The lowest BCUT2D eigenvalue weighted by molar-refractivity contribution is 0.340. The van der Waals surface area contributed by atoms with Crippen LogP contribution in [0.25, 0.3) is 0 Å². The maximum Gasteiger partial charge on any atom is 0.243 e. The van der Waals surface area contributed by atoms with Crippen LogP contribution in [0.2, 0.25) is 0 Å². The fraction of sp³-hybridized carbons (Fsp3) is 0.647. The van der Waals surface area contributed by atoms with Crippen molar-refractivity contribution in [3.63, 3.8) is 0 Å². The molecule has 22 heavy (non-hydrogen) atoms. The van der Waals surface area contributed by atoms with Crippen molar-refractivity contribution in [2.45, 2.75) is 44.4 Å². The molecule has 0 aliphatic rings. The number of rotatable bonds is 8. The van der Waals surface area contributed by atoms with Gasteiger partial charge in [0.25, 0.3) is 0 Å². The van der Waals surface area contributed by atoms with E-state index in [-0.39, 0.29) is 5.41 Å². The van der Waals surface area contributed by atoms with E-state index in [1.54, 1.807) is 12.1 Å². The van der Waals surface area contributed by atoms with Crippen molar-refractivity contribution in [2.75, 3.05) is 33.7 Å². The van der Waals surface area contributed by atoms with Crippen LogP contribution in [0.3, 0.4) is 0 Å². The van der Waals surface area contributed by atoms with Crippen molar-refractivity contribution in [3.05, 3.63) is 29.8 Å². The van der Waals surface area contributed by atoms with Crippen LogP contribution < -0.4 is 0 Å².